The third-order valence-corrected chi connectivity index (χ3v) is 2.60. The average Bonchev–Trinajstić information content (AvgIpc) is 2.13. The average molecular weight is 199 g/mol. The largest absolute Gasteiger partial charge is 0.314 e. The second-order valence-corrected chi connectivity index (χ2v) is 5.34. The molecule has 0 spiro atoms. The maximum absolute atomic E-state index is 3.51. The van der Waals surface area contributed by atoms with Gasteiger partial charge >= 0.3 is 0 Å². The Bertz CT molecular complexity index is 145. The SMILES string of the molecule is CC(C)(C)CCNCN1CCNCC1. The van der Waals surface area contributed by atoms with E-state index in [0.29, 0.717) is 5.41 Å². The summed E-state index contributed by atoms with van der Waals surface area (Å²) in [7, 11) is 0. The van der Waals surface area contributed by atoms with Crippen LogP contribution in [0.25, 0.3) is 0 Å². The summed E-state index contributed by atoms with van der Waals surface area (Å²) in [5, 5.41) is 6.87. The molecule has 1 saturated heterocycles. The van der Waals surface area contributed by atoms with E-state index in [9.17, 15) is 0 Å². The minimum atomic E-state index is 0.455. The second kappa shape index (κ2) is 5.69. The number of nitrogens with one attached hydrogen (secondary N) is 2. The normalized spacial score (nSPS) is 19.9. The Labute approximate surface area is 88.2 Å². The molecular formula is C11H25N3. The van der Waals surface area contributed by atoms with Crippen LogP contribution in [0.15, 0.2) is 0 Å². The molecule has 0 aromatic carbocycles. The molecule has 0 aromatic heterocycles. The highest BCUT2D eigenvalue weighted by molar-refractivity contribution is 4.67. The topological polar surface area (TPSA) is 27.3 Å². The molecule has 14 heavy (non-hydrogen) atoms. The minimum Gasteiger partial charge on any atom is -0.314 e. The van der Waals surface area contributed by atoms with Crippen LogP contribution in [-0.2, 0) is 0 Å². The molecule has 0 aromatic rings. The van der Waals surface area contributed by atoms with Gasteiger partial charge in [-0.1, -0.05) is 20.8 Å². The van der Waals surface area contributed by atoms with Crippen LogP contribution in [0.1, 0.15) is 27.2 Å². The summed E-state index contributed by atoms with van der Waals surface area (Å²) in [6.45, 7) is 13.7. The molecule has 0 radical (unpaired) electrons. The van der Waals surface area contributed by atoms with E-state index in [2.05, 4.69) is 36.3 Å². The molecular weight excluding hydrogens is 174 g/mol. The monoisotopic (exact) mass is 199 g/mol. The van der Waals surface area contributed by atoms with Crippen LogP contribution in [-0.4, -0.2) is 44.3 Å². The molecule has 3 nitrogen and oxygen atoms in total. The Morgan fingerprint density at radius 2 is 1.86 bits per heavy atom. The third-order valence-electron chi connectivity index (χ3n) is 2.60. The first-order valence-corrected chi connectivity index (χ1v) is 5.72. The van der Waals surface area contributed by atoms with Crippen molar-refractivity contribution < 1.29 is 0 Å². The van der Waals surface area contributed by atoms with Crippen molar-refractivity contribution in [3.05, 3.63) is 0 Å². The fourth-order valence-electron chi connectivity index (χ4n) is 1.57. The number of rotatable bonds is 4. The second-order valence-electron chi connectivity index (χ2n) is 5.34. The molecule has 1 fully saturated rings. The van der Waals surface area contributed by atoms with Crippen LogP contribution < -0.4 is 10.6 Å². The van der Waals surface area contributed by atoms with Crippen molar-refractivity contribution in [2.24, 2.45) is 5.41 Å². The quantitative estimate of drug-likeness (QED) is 0.658. The molecule has 1 heterocycles. The van der Waals surface area contributed by atoms with Crippen molar-refractivity contribution in [1.82, 2.24) is 15.5 Å². The first kappa shape index (κ1) is 12.0. The third kappa shape index (κ3) is 5.58. The molecule has 0 saturated carbocycles. The van der Waals surface area contributed by atoms with Gasteiger partial charge in [0.1, 0.15) is 0 Å². The Morgan fingerprint density at radius 1 is 1.21 bits per heavy atom. The standard InChI is InChI=1S/C11H25N3/c1-11(2,3)4-5-13-10-14-8-6-12-7-9-14/h12-13H,4-10H2,1-3H3. The maximum Gasteiger partial charge on any atom is 0.0481 e. The van der Waals surface area contributed by atoms with E-state index in [0.717, 1.165) is 26.3 Å². The van der Waals surface area contributed by atoms with Gasteiger partial charge in [-0.15, -0.1) is 0 Å². The molecule has 0 aliphatic carbocycles. The first-order valence-electron chi connectivity index (χ1n) is 5.72. The van der Waals surface area contributed by atoms with Gasteiger partial charge in [0.25, 0.3) is 0 Å². The molecule has 0 bridgehead atoms. The molecule has 1 rings (SSSR count). The van der Waals surface area contributed by atoms with Gasteiger partial charge in [0.15, 0.2) is 0 Å². The highest BCUT2D eigenvalue weighted by Gasteiger charge is 2.11. The lowest BCUT2D eigenvalue weighted by molar-refractivity contribution is 0.218. The van der Waals surface area contributed by atoms with Crippen LogP contribution in [0.4, 0.5) is 0 Å². The summed E-state index contributed by atoms with van der Waals surface area (Å²) in [5.74, 6) is 0. The van der Waals surface area contributed by atoms with Crippen molar-refractivity contribution >= 4 is 0 Å². The molecule has 1 aliphatic rings. The lowest BCUT2D eigenvalue weighted by Gasteiger charge is -2.28. The van der Waals surface area contributed by atoms with Crippen molar-refractivity contribution in [2.75, 3.05) is 39.4 Å². The van der Waals surface area contributed by atoms with E-state index in [-0.39, 0.29) is 0 Å². The van der Waals surface area contributed by atoms with Crippen LogP contribution in [0.5, 0.6) is 0 Å². The van der Waals surface area contributed by atoms with E-state index in [1.807, 2.05) is 0 Å². The molecule has 84 valence electrons. The lowest BCUT2D eigenvalue weighted by atomic mass is 9.92. The highest BCUT2D eigenvalue weighted by Crippen LogP contribution is 2.16. The van der Waals surface area contributed by atoms with Crippen molar-refractivity contribution in [3.8, 4) is 0 Å². The van der Waals surface area contributed by atoms with Gasteiger partial charge in [-0.25, -0.2) is 0 Å². The summed E-state index contributed by atoms with van der Waals surface area (Å²) in [5.41, 5.74) is 0.455. The number of hydrogen-bond donors (Lipinski definition) is 2. The zero-order chi connectivity index (χ0) is 10.4. The zero-order valence-electron chi connectivity index (χ0n) is 9.90. The first-order chi connectivity index (χ1) is 6.58. The maximum atomic E-state index is 3.51. The Morgan fingerprint density at radius 3 is 2.43 bits per heavy atom. The fourth-order valence-corrected chi connectivity index (χ4v) is 1.57. The van der Waals surface area contributed by atoms with E-state index in [1.165, 1.54) is 19.5 Å². The van der Waals surface area contributed by atoms with Gasteiger partial charge in [0.2, 0.25) is 0 Å². The van der Waals surface area contributed by atoms with Gasteiger partial charge in [-0.05, 0) is 18.4 Å². The van der Waals surface area contributed by atoms with Crippen molar-refractivity contribution in [3.63, 3.8) is 0 Å². The fraction of sp³-hybridized carbons (Fsp3) is 1.00. The summed E-state index contributed by atoms with van der Waals surface area (Å²) in [6, 6.07) is 0. The summed E-state index contributed by atoms with van der Waals surface area (Å²) in [6.07, 6.45) is 1.25. The number of hydrogen-bond acceptors (Lipinski definition) is 3. The molecule has 2 N–H and O–H groups in total. The van der Waals surface area contributed by atoms with Crippen molar-refractivity contribution in [2.45, 2.75) is 27.2 Å². The predicted octanol–water partition coefficient (Wildman–Crippen LogP) is 0.875. The highest BCUT2D eigenvalue weighted by atomic mass is 15.2. The van der Waals surface area contributed by atoms with E-state index in [1.54, 1.807) is 0 Å². The summed E-state index contributed by atoms with van der Waals surface area (Å²) < 4.78 is 0. The van der Waals surface area contributed by atoms with Gasteiger partial charge in [0, 0.05) is 32.8 Å². The van der Waals surface area contributed by atoms with Gasteiger partial charge in [-0.2, -0.15) is 0 Å². The van der Waals surface area contributed by atoms with Gasteiger partial charge < -0.3 is 10.6 Å². The number of nitrogens with zero attached hydrogens (tertiary/aromatic N) is 1. The van der Waals surface area contributed by atoms with E-state index in [4.69, 9.17) is 0 Å². The van der Waals surface area contributed by atoms with Gasteiger partial charge in [0.05, 0.1) is 0 Å². The molecule has 0 unspecified atom stereocenters. The van der Waals surface area contributed by atoms with Crippen LogP contribution in [0, 0.1) is 5.41 Å². The summed E-state index contributed by atoms with van der Waals surface area (Å²) >= 11 is 0. The Kier molecular flexibility index (Phi) is 4.85. The van der Waals surface area contributed by atoms with Gasteiger partial charge in [-0.3, -0.25) is 4.90 Å². The molecule has 3 heteroatoms. The number of piperazine rings is 1. The molecule has 0 atom stereocenters. The minimum absolute atomic E-state index is 0.455. The Hall–Kier alpha value is -0.120. The summed E-state index contributed by atoms with van der Waals surface area (Å²) in [4.78, 5) is 2.47. The predicted molar refractivity (Wildman–Crippen MR) is 61.4 cm³/mol. The van der Waals surface area contributed by atoms with E-state index >= 15 is 0 Å². The Balaban J connectivity index is 1.97. The molecule has 1 aliphatic heterocycles. The van der Waals surface area contributed by atoms with Crippen molar-refractivity contribution in [1.29, 1.82) is 0 Å². The van der Waals surface area contributed by atoms with E-state index < -0.39 is 0 Å². The lowest BCUT2D eigenvalue weighted by Crippen LogP contribution is -2.47. The zero-order valence-corrected chi connectivity index (χ0v) is 9.90. The van der Waals surface area contributed by atoms with Crippen LogP contribution in [0.2, 0.25) is 0 Å². The smallest absolute Gasteiger partial charge is 0.0481 e. The molecule has 0 amide bonds. The van der Waals surface area contributed by atoms with Crippen LogP contribution in [0.3, 0.4) is 0 Å². The van der Waals surface area contributed by atoms with Crippen LogP contribution >= 0.6 is 0 Å².